The molecule has 1 aliphatic rings. The highest BCUT2D eigenvalue weighted by atomic mass is 19.1. The number of aryl methyl sites for hydroxylation is 1. The molecule has 0 saturated carbocycles. The van der Waals surface area contributed by atoms with Gasteiger partial charge in [-0.1, -0.05) is 30.3 Å². The van der Waals surface area contributed by atoms with Crippen molar-refractivity contribution in [2.24, 2.45) is 0 Å². The van der Waals surface area contributed by atoms with Crippen molar-refractivity contribution in [2.45, 2.75) is 13.0 Å². The Morgan fingerprint density at radius 1 is 1.03 bits per heavy atom. The van der Waals surface area contributed by atoms with Crippen LogP contribution in [0, 0.1) is 5.82 Å². The number of anilines is 1. The lowest BCUT2D eigenvalue weighted by Crippen LogP contribution is -2.49. The van der Waals surface area contributed by atoms with Gasteiger partial charge in [-0.3, -0.25) is 14.2 Å². The Kier molecular flexibility index (Phi) is 4.89. The van der Waals surface area contributed by atoms with Crippen molar-refractivity contribution in [3.8, 4) is 0 Å². The summed E-state index contributed by atoms with van der Waals surface area (Å²) in [5, 5.41) is 0.908. The Morgan fingerprint density at radius 3 is 2.58 bits per heavy atom. The number of aromatic amines is 1. The van der Waals surface area contributed by atoms with Crippen LogP contribution in [-0.2, 0) is 11.3 Å². The predicted octanol–water partition coefficient (Wildman–Crippen LogP) is 2.76. The summed E-state index contributed by atoms with van der Waals surface area (Å²) in [6.45, 7) is 2.48. The molecule has 2 aromatic carbocycles. The first-order valence-electron chi connectivity index (χ1n) is 10.3. The first-order chi connectivity index (χ1) is 15.1. The highest BCUT2D eigenvalue weighted by molar-refractivity contribution is 6.04. The smallest absolute Gasteiger partial charge is 0.277 e. The zero-order valence-corrected chi connectivity index (χ0v) is 16.9. The van der Waals surface area contributed by atoms with Gasteiger partial charge in [-0.05, 0) is 18.2 Å². The molecule has 3 heterocycles. The van der Waals surface area contributed by atoms with Crippen LogP contribution in [0.25, 0.3) is 21.9 Å². The van der Waals surface area contributed by atoms with Crippen LogP contribution >= 0.6 is 0 Å². The SMILES string of the molecule is O=C(CCn1cnc2c([nH]c3ccccc32)c1=O)N1CCN(c2ccccc2F)CC1. The van der Waals surface area contributed by atoms with E-state index in [0.29, 0.717) is 42.9 Å². The van der Waals surface area contributed by atoms with Gasteiger partial charge in [0.25, 0.3) is 5.56 Å². The fourth-order valence-electron chi connectivity index (χ4n) is 4.18. The molecule has 1 N–H and O–H groups in total. The minimum absolute atomic E-state index is 0.0168. The largest absolute Gasteiger partial charge is 0.366 e. The van der Waals surface area contributed by atoms with Gasteiger partial charge in [-0.15, -0.1) is 0 Å². The van der Waals surface area contributed by atoms with E-state index in [1.165, 1.54) is 17.0 Å². The fraction of sp³-hybridized carbons (Fsp3) is 0.261. The Morgan fingerprint density at radius 2 is 1.77 bits per heavy atom. The maximum absolute atomic E-state index is 14.0. The number of hydrogen-bond donors (Lipinski definition) is 1. The monoisotopic (exact) mass is 419 g/mol. The number of carbonyl (C=O) groups excluding carboxylic acids is 1. The van der Waals surface area contributed by atoms with Crippen LogP contribution in [0.5, 0.6) is 0 Å². The van der Waals surface area contributed by atoms with Gasteiger partial charge in [-0.2, -0.15) is 0 Å². The number of H-pyrrole nitrogens is 1. The lowest BCUT2D eigenvalue weighted by molar-refractivity contribution is -0.131. The molecule has 2 aromatic heterocycles. The minimum atomic E-state index is -0.249. The van der Waals surface area contributed by atoms with Gasteiger partial charge in [0.1, 0.15) is 16.9 Å². The van der Waals surface area contributed by atoms with E-state index in [0.717, 1.165) is 10.9 Å². The Balaban J connectivity index is 1.24. The van der Waals surface area contributed by atoms with E-state index in [1.54, 1.807) is 17.0 Å². The second-order valence-corrected chi connectivity index (χ2v) is 7.71. The van der Waals surface area contributed by atoms with Crippen molar-refractivity contribution in [2.75, 3.05) is 31.1 Å². The zero-order chi connectivity index (χ0) is 21.4. The van der Waals surface area contributed by atoms with Crippen LogP contribution in [0.15, 0.2) is 59.7 Å². The van der Waals surface area contributed by atoms with Crippen molar-refractivity contribution < 1.29 is 9.18 Å². The number of para-hydroxylation sites is 2. The van der Waals surface area contributed by atoms with Gasteiger partial charge in [0.2, 0.25) is 5.91 Å². The van der Waals surface area contributed by atoms with E-state index in [4.69, 9.17) is 0 Å². The van der Waals surface area contributed by atoms with E-state index in [-0.39, 0.29) is 30.2 Å². The van der Waals surface area contributed by atoms with Gasteiger partial charge in [0.15, 0.2) is 0 Å². The van der Waals surface area contributed by atoms with E-state index in [1.807, 2.05) is 35.2 Å². The molecule has 4 aromatic rings. The van der Waals surface area contributed by atoms with Crippen LogP contribution in [0.1, 0.15) is 6.42 Å². The maximum Gasteiger partial charge on any atom is 0.277 e. The Bertz CT molecular complexity index is 1320. The van der Waals surface area contributed by atoms with Gasteiger partial charge >= 0.3 is 0 Å². The standard InChI is InChI=1S/C23H22FN5O2/c24-17-6-2-4-8-19(17)27-11-13-28(14-12-27)20(30)9-10-29-15-25-21-16-5-1-3-7-18(16)26-22(21)23(29)31/h1-8,15,26H,9-14H2. The van der Waals surface area contributed by atoms with Crippen molar-refractivity contribution in [3.63, 3.8) is 0 Å². The topological polar surface area (TPSA) is 74.2 Å². The van der Waals surface area contributed by atoms with E-state index < -0.39 is 0 Å². The quantitative estimate of drug-likeness (QED) is 0.552. The molecule has 0 radical (unpaired) electrons. The van der Waals surface area contributed by atoms with E-state index >= 15 is 0 Å². The molecule has 31 heavy (non-hydrogen) atoms. The number of hydrogen-bond acceptors (Lipinski definition) is 4. The molecule has 1 aliphatic heterocycles. The molecule has 0 bridgehead atoms. The lowest BCUT2D eigenvalue weighted by Gasteiger charge is -2.36. The highest BCUT2D eigenvalue weighted by Gasteiger charge is 2.22. The average Bonchev–Trinajstić information content (AvgIpc) is 3.19. The lowest BCUT2D eigenvalue weighted by atomic mass is 10.2. The van der Waals surface area contributed by atoms with Crippen molar-refractivity contribution in [1.82, 2.24) is 19.4 Å². The number of nitrogens with one attached hydrogen (secondary N) is 1. The number of nitrogens with zero attached hydrogens (tertiary/aromatic N) is 4. The summed E-state index contributed by atoms with van der Waals surface area (Å²) in [6, 6.07) is 14.3. The number of halogens is 1. The summed E-state index contributed by atoms with van der Waals surface area (Å²) >= 11 is 0. The molecule has 0 atom stereocenters. The fourth-order valence-corrected chi connectivity index (χ4v) is 4.18. The second-order valence-electron chi connectivity index (χ2n) is 7.71. The Hall–Kier alpha value is -3.68. The third kappa shape index (κ3) is 3.54. The maximum atomic E-state index is 14.0. The number of fused-ring (bicyclic) bond motifs is 3. The normalized spacial score (nSPS) is 14.5. The molecule has 0 aliphatic carbocycles. The summed E-state index contributed by atoms with van der Waals surface area (Å²) in [6.07, 6.45) is 1.72. The third-order valence-electron chi connectivity index (χ3n) is 5.87. The minimum Gasteiger partial charge on any atom is -0.366 e. The number of aromatic nitrogens is 3. The average molecular weight is 419 g/mol. The van der Waals surface area contributed by atoms with Gasteiger partial charge < -0.3 is 14.8 Å². The first kappa shape index (κ1) is 19.3. The predicted molar refractivity (Wildman–Crippen MR) is 118 cm³/mol. The van der Waals surface area contributed by atoms with Crippen molar-refractivity contribution in [3.05, 3.63) is 71.0 Å². The second kappa shape index (κ2) is 7.86. The molecule has 7 nitrogen and oxygen atoms in total. The zero-order valence-electron chi connectivity index (χ0n) is 16.9. The van der Waals surface area contributed by atoms with Crippen LogP contribution in [0.2, 0.25) is 0 Å². The van der Waals surface area contributed by atoms with Crippen molar-refractivity contribution >= 4 is 33.5 Å². The summed E-state index contributed by atoms with van der Waals surface area (Å²) < 4.78 is 15.5. The molecule has 1 fully saturated rings. The summed E-state index contributed by atoms with van der Waals surface area (Å²) in [7, 11) is 0. The van der Waals surface area contributed by atoms with E-state index in [9.17, 15) is 14.0 Å². The molecule has 1 amide bonds. The number of rotatable bonds is 4. The van der Waals surface area contributed by atoms with Gasteiger partial charge in [-0.25, -0.2) is 9.37 Å². The van der Waals surface area contributed by atoms with Crippen LogP contribution < -0.4 is 10.5 Å². The number of benzene rings is 2. The first-order valence-corrected chi connectivity index (χ1v) is 10.3. The van der Waals surface area contributed by atoms with Gasteiger partial charge in [0, 0.05) is 50.0 Å². The number of amides is 1. The molecule has 0 spiro atoms. The van der Waals surface area contributed by atoms with Crippen LogP contribution in [0.3, 0.4) is 0 Å². The summed E-state index contributed by atoms with van der Waals surface area (Å²) in [5.74, 6) is -0.265. The molecule has 5 rings (SSSR count). The summed E-state index contributed by atoms with van der Waals surface area (Å²) in [5.41, 5.74) is 2.35. The third-order valence-corrected chi connectivity index (χ3v) is 5.87. The van der Waals surface area contributed by atoms with Gasteiger partial charge in [0.05, 0.1) is 12.0 Å². The molecule has 8 heteroatoms. The van der Waals surface area contributed by atoms with Crippen molar-refractivity contribution in [1.29, 1.82) is 0 Å². The van der Waals surface area contributed by atoms with E-state index in [2.05, 4.69) is 9.97 Å². The van der Waals surface area contributed by atoms with Crippen LogP contribution in [-0.4, -0.2) is 51.5 Å². The molecular formula is C23H22FN5O2. The molecule has 1 saturated heterocycles. The summed E-state index contributed by atoms with van der Waals surface area (Å²) in [4.78, 5) is 36.8. The van der Waals surface area contributed by atoms with Crippen LogP contribution in [0.4, 0.5) is 10.1 Å². The Labute approximate surface area is 177 Å². The number of carbonyl (C=O) groups is 1. The highest BCUT2D eigenvalue weighted by Crippen LogP contribution is 2.21. The molecule has 0 unspecified atom stereocenters. The molecule has 158 valence electrons. The number of piperazine rings is 1. The molecular weight excluding hydrogens is 397 g/mol.